The number of hydrogen-bond donors (Lipinski definition) is 1. The van der Waals surface area contributed by atoms with Gasteiger partial charge >= 0.3 is 5.97 Å². The normalized spacial score (nSPS) is 13.6. The smallest absolute Gasteiger partial charge is 0.340 e. The zero-order chi connectivity index (χ0) is 20.4. The van der Waals surface area contributed by atoms with Crippen molar-refractivity contribution in [2.45, 2.75) is 12.8 Å². The van der Waals surface area contributed by atoms with E-state index in [9.17, 15) is 23.2 Å². The number of nitrogens with zero attached hydrogens (tertiary/aromatic N) is 1. The van der Waals surface area contributed by atoms with E-state index in [1.54, 1.807) is 0 Å². The summed E-state index contributed by atoms with van der Waals surface area (Å²) in [6, 6.07) is 5.62. The first-order chi connectivity index (χ1) is 13.3. The van der Waals surface area contributed by atoms with Crippen molar-refractivity contribution in [2.75, 3.05) is 23.9 Å². The van der Waals surface area contributed by atoms with E-state index in [-0.39, 0.29) is 17.2 Å². The number of rotatable bonds is 4. The number of nitrogens with one attached hydrogen (secondary N) is 1. The molecule has 0 atom stereocenters. The summed E-state index contributed by atoms with van der Waals surface area (Å²) >= 11 is 6.14. The van der Waals surface area contributed by atoms with Crippen LogP contribution in [0.15, 0.2) is 30.3 Å². The Kier molecular flexibility index (Phi) is 5.60. The monoisotopic (exact) mass is 408 g/mol. The van der Waals surface area contributed by atoms with Crippen molar-refractivity contribution in [1.29, 1.82) is 0 Å². The van der Waals surface area contributed by atoms with Gasteiger partial charge in [-0.2, -0.15) is 0 Å². The minimum Gasteiger partial charge on any atom is -0.465 e. The summed E-state index contributed by atoms with van der Waals surface area (Å²) in [6.45, 7) is 0.485. The Labute approximate surface area is 164 Å². The highest BCUT2D eigenvalue weighted by molar-refractivity contribution is 6.34. The van der Waals surface area contributed by atoms with Crippen LogP contribution in [0, 0.1) is 11.6 Å². The number of methoxy groups -OCH3 is 1. The van der Waals surface area contributed by atoms with Crippen LogP contribution in [0.4, 0.5) is 20.2 Å². The molecule has 1 aliphatic heterocycles. The van der Waals surface area contributed by atoms with Gasteiger partial charge in [0.2, 0.25) is 5.91 Å². The van der Waals surface area contributed by atoms with Gasteiger partial charge in [-0.1, -0.05) is 11.6 Å². The molecule has 2 aromatic carbocycles. The number of carbonyl (C=O) groups is 3. The molecule has 3 rings (SSSR count). The second-order valence-electron chi connectivity index (χ2n) is 6.07. The molecule has 1 saturated heterocycles. The standard InChI is InChI=1S/C19H15ClF2N2O4/c1-28-19(27)11-8-15(14(22)9-13(11)21)23-18(26)10-4-5-12(20)16(7-10)24-6-2-3-17(24)25/h4-5,7-9H,2-3,6H2,1H3,(H,23,26). The molecule has 0 aromatic heterocycles. The fourth-order valence-corrected chi connectivity index (χ4v) is 3.09. The van der Waals surface area contributed by atoms with Crippen LogP contribution in [0.2, 0.25) is 5.02 Å². The molecule has 1 fully saturated rings. The summed E-state index contributed by atoms with van der Waals surface area (Å²) in [7, 11) is 1.05. The van der Waals surface area contributed by atoms with Crippen LogP contribution in [0.5, 0.6) is 0 Å². The van der Waals surface area contributed by atoms with Gasteiger partial charge < -0.3 is 15.0 Å². The number of ether oxygens (including phenoxy) is 1. The molecule has 0 spiro atoms. The van der Waals surface area contributed by atoms with Crippen LogP contribution in [-0.2, 0) is 9.53 Å². The van der Waals surface area contributed by atoms with Crippen molar-refractivity contribution < 1.29 is 27.9 Å². The fraction of sp³-hybridized carbons (Fsp3) is 0.211. The third-order valence-electron chi connectivity index (χ3n) is 4.28. The van der Waals surface area contributed by atoms with Crippen LogP contribution >= 0.6 is 11.6 Å². The van der Waals surface area contributed by atoms with E-state index in [4.69, 9.17) is 11.6 Å². The van der Waals surface area contributed by atoms with Crippen molar-refractivity contribution in [3.05, 3.63) is 58.1 Å². The molecule has 1 heterocycles. The second-order valence-corrected chi connectivity index (χ2v) is 6.48. The summed E-state index contributed by atoms with van der Waals surface area (Å²) in [6.07, 6.45) is 1.08. The molecule has 0 bridgehead atoms. The van der Waals surface area contributed by atoms with Gasteiger partial charge in [0.15, 0.2) is 0 Å². The number of amides is 2. The summed E-state index contributed by atoms with van der Waals surface area (Å²) < 4.78 is 32.2. The van der Waals surface area contributed by atoms with Gasteiger partial charge in [-0.15, -0.1) is 0 Å². The molecule has 2 amide bonds. The van der Waals surface area contributed by atoms with Crippen LogP contribution in [0.3, 0.4) is 0 Å². The van der Waals surface area contributed by atoms with Crippen LogP contribution in [0.1, 0.15) is 33.6 Å². The van der Waals surface area contributed by atoms with E-state index in [1.165, 1.54) is 23.1 Å². The molecular formula is C19H15ClF2N2O4. The first kappa shape index (κ1) is 19.8. The van der Waals surface area contributed by atoms with Crippen molar-refractivity contribution in [3.63, 3.8) is 0 Å². The SMILES string of the molecule is COC(=O)c1cc(NC(=O)c2ccc(Cl)c(N3CCCC3=O)c2)c(F)cc1F. The quantitative estimate of drug-likeness (QED) is 0.781. The van der Waals surface area contributed by atoms with Gasteiger partial charge in [0, 0.05) is 24.6 Å². The Hall–Kier alpha value is -3.00. The van der Waals surface area contributed by atoms with Gasteiger partial charge in [0.25, 0.3) is 5.91 Å². The topological polar surface area (TPSA) is 75.7 Å². The highest BCUT2D eigenvalue weighted by atomic mass is 35.5. The molecule has 1 aliphatic rings. The Bertz CT molecular complexity index is 981. The largest absolute Gasteiger partial charge is 0.465 e. The Balaban J connectivity index is 1.90. The second kappa shape index (κ2) is 7.93. The predicted octanol–water partition coefficient (Wildman–Crippen LogP) is 3.78. The molecule has 146 valence electrons. The molecule has 0 unspecified atom stereocenters. The number of halogens is 3. The average molecular weight is 409 g/mol. The molecule has 0 radical (unpaired) electrons. The number of carbonyl (C=O) groups excluding carboxylic acids is 3. The summed E-state index contributed by atoms with van der Waals surface area (Å²) in [4.78, 5) is 37.5. The van der Waals surface area contributed by atoms with Crippen molar-refractivity contribution in [2.24, 2.45) is 0 Å². The van der Waals surface area contributed by atoms with E-state index in [0.717, 1.165) is 13.2 Å². The lowest BCUT2D eigenvalue weighted by Crippen LogP contribution is -2.24. The maximum atomic E-state index is 14.0. The van der Waals surface area contributed by atoms with E-state index >= 15 is 0 Å². The maximum Gasteiger partial charge on any atom is 0.340 e. The molecule has 6 nitrogen and oxygen atoms in total. The first-order valence-corrected chi connectivity index (χ1v) is 8.68. The lowest BCUT2D eigenvalue weighted by molar-refractivity contribution is -0.117. The van der Waals surface area contributed by atoms with Crippen LogP contribution in [-0.4, -0.2) is 31.4 Å². The molecule has 28 heavy (non-hydrogen) atoms. The zero-order valence-corrected chi connectivity index (χ0v) is 15.5. The van der Waals surface area contributed by atoms with Gasteiger partial charge in [-0.05, 0) is 30.7 Å². The lowest BCUT2D eigenvalue weighted by Gasteiger charge is -2.18. The Morgan fingerprint density at radius 1 is 1.18 bits per heavy atom. The predicted molar refractivity (Wildman–Crippen MR) is 98.7 cm³/mol. The molecule has 1 N–H and O–H groups in total. The van der Waals surface area contributed by atoms with Gasteiger partial charge in [-0.25, -0.2) is 13.6 Å². The number of benzene rings is 2. The van der Waals surface area contributed by atoms with E-state index in [0.29, 0.717) is 36.2 Å². The summed E-state index contributed by atoms with van der Waals surface area (Å²) in [5.74, 6) is -3.99. The number of esters is 1. The molecule has 9 heteroatoms. The third kappa shape index (κ3) is 3.82. The number of hydrogen-bond acceptors (Lipinski definition) is 4. The van der Waals surface area contributed by atoms with Gasteiger partial charge in [-0.3, -0.25) is 9.59 Å². The lowest BCUT2D eigenvalue weighted by atomic mass is 10.1. The van der Waals surface area contributed by atoms with E-state index in [2.05, 4.69) is 10.1 Å². The van der Waals surface area contributed by atoms with Crippen LogP contribution in [0.25, 0.3) is 0 Å². The van der Waals surface area contributed by atoms with Crippen molar-refractivity contribution in [3.8, 4) is 0 Å². The fourth-order valence-electron chi connectivity index (χ4n) is 2.87. The van der Waals surface area contributed by atoms with Gasteiger partial charge in [0.1, 0.15) is 11.6 Å². The van der Waals surface area contributed by atoms with E-state index < -0.39 is 29.1 Å². The average Bonchev–Trinajstić information content (AvgIpc) is 3.09. The number of anilines is 2. The highest BCUT2D eigenvalue weighted by Crippen LogP contribution is 2.31. The minimum absolute atomic E-state index is 0.105. The minimum atomic E-state index is -1.11. The summed E-state index contributed by atoms with van der Waals surface area (Å²) in [5, 5.41) is 2.59. The molecule has 0 saturated carbocycles. The Morgan fingerprint density at radius 3 is 2.57 bits per heavy atom. The van der Waals surface area contributed by atoms with Crippen LogP contribution < -0.4 is 10.2 Å². The van der Waals surface area contributed by atoms with Crippen molar-refractivity contribution >= 4 is 40.8 Å². The van der Waals surface area contributed by atoms with Gasteiger partial charge in [0.05, 0.1) is 29.1 Å². The zero-order valence-electron chi connectivity index (χ0n) is 14.7. The maximum absolute atomic E-state index is 14.0. The highest BCUT2D eigenvalue weighted by Gasteiger charge is 2.25. The van der Waals surface area contributed by atoms with Crippen molar-refractivity contribution in [1.82, 2.24) is 0 Å². The Morgan fingerprint density at radius 2 is 1.93 bits per heavy atom. The summed E-state index contributed by atoms with van der Waals surface area (Å²) in [5.41, 5.74) is -0.409. The molecule has 2 aromatic rings. The third-order valence-corrected chi connectivity index (χ3v) is 4.60. The first-order valence-electron chi connectivity index (χ1n) is 8.30. The molecule has 0 aliphatic carbocycles. The molecular weight excluding hydrogens is 394 g/mol. The van der Waals surface area contributed by atoms with E-state index in [1.807, 2.05) is 0 Å².